The number of amides is 1. The van der Waals surface area contributed by atoms with E-state index in [9.17, 15) is 15.2 Å². The molecule has 0 fully saturated rings. The van der Waals surface area contributed by atoms with Crippen molar-refractivity contribution in [2.75, 3.05) is 5.32 Å². The lowest BCUT2D eigenvalue weighted by molar-refractivity contribution is 0.102. The minimum atomic E-state index is -0.478. The van der Waals surface area contributed by atoms with Crippen molar-refractivity contribution >= 4 is 33.9 Å². The summed E-state index contributed by atoms with van der Waals surface area (Å²) in [6, 6.07) is 29.1. The van der Waals surface area contributed by atoms with Gasteiger partial charge in [0.25, 0.3) is 5.91 Å². The summed E-state index contributed by atoms with van der Waals surface area (Å²) in [6.07, 6.45) is 1.40. The molecule has 0 aliphatic rings. The monoisotopic (exact) mass is 458 g/mol. The van der Waals surface area contributed by atoms with E-state index in [1.165, 1.54) is 10.9 Å². The van der Waals surface area contributed by atoms with Crippen LogP contribution in [0.3, 0.4) is 0 Å². The zero-order chi connectivity index (χ0) is 24.2. The van der Waals surface area contributed by atoms with Crippen LogP contribution in [0.15, 0.2) is 107 Å². The number of phenols is 1. The second-order valence-electron chi connectivity index (χ2n) is 7.60. The molecular weight excluding hydrogens is 440 g/mol. The van der Waals surface area contributed by atoms with E-state index in [0.29, 0.717) is 22.1 Å². The molecule has 8 heteroatoms. The number of para-hydroxylation sites is 2. The summed E-state index contributed by atoms with van der Waals surface area (Å²) in [4.78, 5) is 13.2. The normalized spacial score (nSPS) is 10.9. The van der Waals surface area contributed by atoms with Crippen molar-refractivity contribution in [3.8, 4) is 17.5 Å². The topological polar surface area (TPSA) is 116 Å². The van der Waals surface area contributed by atoms with Crippen molar-refractivity contribution in [1.82, 2.24) is 9.78 Å². The van der Waals surface area contributed by atoms with E-state index in [2.05, 4.69) is 26.7 Å². The quantitative estimate of drug-likeness (QED) is 0.302. The fourth-order valence-electron chi connectivity index (χ4n) is 3.72. The summed E-state index contributed by atoms with van der Waals surface area (Å²) in [6.45, 7) is 0. The molecule has 0 aliphatic heterocycles. The van der Waals surface area contributed by atoms with Gasteiger partial charge in [0.05, 0.1) is 17.4 Å². The number of carbonyl (C=O) groups is 1. The molecule has 2 N–H and O–H groups in total. The van der Waals surface area contributed by atoms with Gasteiger partial charge in [0.15, 0.2) is 11.6 Å². The second-order valence-corrected chi connectivity index (χ2v) is 7.60. The molecule has 0 unspecified atom stereocenters. The first kappa shape index (κ1) is 21.6. The van der Waals surface area contributed by atoms with Gasteiger partial charge in [0.2, 0.25) is 0 Å². The number of hydrogen-bond donors (Lipinski definition) is 2. The van der Waals surface area contributed by atoms with Crippen molar-refractivity contribution in [3.63, 3.8) is 0 Å². The maximum atomic E-state index is 13.2. The Kier molecular flexibility index (Phi) is 5.72. The molecule has 1 heterocycles. The molecule has 0 radical (unpaired) electrons. The van der Waals surface area contributed by atoms with Crippen LogP contribution in [-0.4, -0.2) is 20.8 Å². The van der Waals surface area contributed by atoms with Crippen LogP contribution >= 0.6 is 0 Å². The average Bonchev–Trinajstić information content (AvgIpc) is 3.31. The Labute approximate surface area is 200 Å². The lowest BCUT2D eigenvalue weighted by Crippen LogP contribution is -2.12. The van der Waals surface area contributed by atoms with Crippen LogP contribution in [0.4, 0.5) is 17.2 Å². The fourth-order valence-corrected chi connectivity index (χ4v) is 3.72. The largest absolute Gasteiger partial charge is 0.505 e. The summed E-state index contributed by atoms with van der Waals surface area (Å²) >= 11 is 0. The Hall–Kier alpha value is -5.29. The highest BCUT2D eigenvalue weighted by molar-refractivity contribution is 6.16. The number of azo groups is 1. The predicted octanol–water partition coefficient (Wildman–Crippen LogP) is 6.27. The van der Waals surface area contributed by atoms with Crippen LogP contribution in [0.2, 0.25) is 0 Å². The van der Waals surface area contributed by atoms with E-state index in [0.717, 1.165) is 0 Å². The van der Waals surface area contributed by atoms with Gasteiger partial charge in [0, 0.05) is 5.69 Å². The number of fused-ring (bicyclic) bond motifs is 1. The maximum Gasteiger partial charge on any atom is 0.260 e. The Morgan fingerprint density at radius 1 is 0.943 bits per heavy atom. The molecule has 1 amide bonds. The lowest BCUT2D eigenvalue weighted by Gasteiger charge is -2.12. The van der Waals surface area contributed by atoms with Gasteiger partial charge in [0.1, 0.15) is 17.3 Å². The number of rotatable bonds is 5. The van der Waals surface area contributed by atoms with Gasteiger partial charge in [-0.05, 0) is 41.1 Å². The van der Waals surface area contributed by atoms with Crippen molar-refractivity contribution in [1.29, 1.82) is 5.26 Å². The highest BCUT2D eigenvalue weighted by Crippen LogP contribution is 2.38. The highest BCUT2D eigenvalue weighted by atomic mass is 16.3. The van der Waals surface area contributed by atoms with Gasteiger partial charge < -0.3 is 10.4 Å². The van der Waals surface area contributed by atoms with E-state index < -0.39 is 5.91 Å². The van der Waals surface area contributed by atoms with E-state index in [1.54, 1.807) is 42.5 Å². The number of hydrogen-bond acceptors (Lipinski definition) is 6. The third kappa shape index (κ3) is 4.21. The molecule has 1 aromatic heterocycles. The first-order chi connectivity index (χ1) is 17.2. The Morgan fingerprint density at radius 2 is 1.63 bits per heavy atom. The number of aromatic nitrogens is 2. The first-order valence-corrected chi connectivity index (χ1v) is 10.7. The van der Waals surface area contributed by atoms with Crippen molar-refractivity contribution in [2.45, 2.75) is 0 Å². The highest BCUT2D eigenvalue weighted by Gasteiger charge is 2.20. The number of aromatic hydroxyl groups is 1. The second kappa shape index (κ2) is 9.29. The summed E-state index contributed by atoms with van der Waals surface area (Å²) < 4.78 is 1.49. The van der Waals surface area contributed by atoms with Crippen molar-refractivity contribution in [2.24, 2.45) is 10.2 Å². The molecular formula is C27H18N6O2. The first-order valence-electron chi connectivity index (χ1n) is 10.7. The van der Waals surface area contributed by atoms with Gasteiger partial charge in [-0.3, -0.25) is 4.79 Å². The van der Waals surface area contributed by atoms with Crippen LogP contribution in [0.25, 0.3) is 16.5 Å². The Morgan fingerprint density at radius 3 is 2.37 bits per heavy atom. The van der Waals surface area contributed by atoms with Gasteiger partial charge in [-0.1, -0.05) is 60.7 Å². The number of nitrogens with zero attached hydrogens (tertiary/aromatic N) is 5. The van der Waals surface area contributed by atoms with E-state index in [4.69, 9.17) is 0 Å². The third-order valence-electron chi connectivity index (χ3n) is 5.38. The van der Waals surface area contributed by atoms with Gasteiger partial charge in [-0.25, -0.2) is 4.68 Å². The van der Waals surface area contributed by atoms with Crippen molar-refractivity contribution in [3.05, 3.63) is 108 Å². The van der Waals surface area contributed by atoms with Crippen LogP contribution in [-0.2, 0) is 0 Å². The Bertz CT molecular complexity index is 1600. The van der Waals surface area contributed by atoms with Gasteiger partial charge >= 0.3 is 0 Å². The number of nitriles is 1. The minimum Gasteiger partial charge on any atom is -0.505 e. The molecule has 0 saturated heterocycles. The third-order valence-corrected chi connectivity index (χ3v) is 5.38. The van der Waals surface area contributed by atoms with E-state index >= 15 is 0 Å². The number of anilines is 1. The molecule has 4 aromatic carbocycles. The Balaban J connectivity index is 1.60. The number of carbonyl (C=O) groups excluding carboxylic acids is 1. The molecule has 0 atom stereocenters. The molecule has 0 bridgehead atoms. The predicted molar refractivity (Wildman–Crippen MR) is 132 cm³/mol. The number of benzene rings is 4. The molecule has 0 saturated carbocycles. The SMILES string of the molecule is N#Cc1cnn(-c2ccccc2)c1N=Nc1cc2ccccc2c(C(=O)Nc2ccccc2)c1O. The average molecular weight is 458 g/mol. The molecule has 5 aromatic rings. The van der Waals surface area contributed by atoms with Crippen molar-refractivity contribution < 1.29 is 9.90 Å². The molecule has 168 valence electrons. The van der Waals surface area contributed by atoms with Gasteiger partial charge in [-0.15, -0.1) is 10.2 Å². The molecule has 5 rings (SSSR count). The smallest absolute Gasteiger partial charge is 0.260 e. The lowest BCUT2D eigenvalue weighted by atomic mass is 10.0. The van der Waals surface area contributed by atoms with E-state index in [-0.39, 0.29) is 28.4 Å². The standard InChI is InChI=1S/C27H18N6O2/c28-16-19-17-29-33(21-12-5-2-6-13-21)26(19)32-31-23-15-18-9-7-8-14-22(18)24(25(23)34)27(35)30-20-10-3-1-4-11-20/h1-15,17,34H,(H,30,35). The molecule has 0 spiro atoms. The molecule has 35 heavy (non-hydrogen) atoms. The maximum absolute atomic E-state index is 13.2. The van der Waals surface area contributed by atoms with Gasteiger partial charge in [-0.2, -0.15) is 10.4 Å². The van der Waals surface area contributed by atoms with Crippen LogP contribution in [0, 0.1) is 11.3 Å². The number of nitrogens with one attached hydrogen (secondary N) is 1. The van der Waals surface area contributed by atoms with Crippen LogP contribution < -0.4 is 5.32 Å². The summed E-state index contributed by atoms with van der Waals surface area (Å²) in [5, 5.41) is 37.4. The van der Waals surface area contributed by atoms with Crippen LogP contribution in [0.5, 0.6) is 5.75 Å². The zero-order valence-electron chi connectivity index (χ0n) is 18.3. The van der Waals surface area contributed by atoms with E-state index in [1.807, 2.05) is 48.5 Å². The summed E-state index contributed by atoms with van der Waals surface area (Å²) in [7, 11) is 0. The fraction of sp³-hybridized carbons (Fsp3) is 0. The molecule has 8 nitrogen and oxygen atoms in total. The number of phenolic OH excluding ortho intramolecular Hbond substituents is 1. The summed E-state index contributed by atoms with van der Waals surface area (Å²) in [5.74, 6) is -0.583. The minimum absolute atomic E-state index is 0.0815. The molecule has 0 aliphatic carbocycles. The zero-order valence-corrected chi connectivity index (χ0v) is 18.3. The van der Waals surface area contributed by atoms with Crippen LogP contribution in [0.1, 0.15) is 15.9 Å². The summed E-state index contributed by atoms with van der Waals surface area (Å²) in [5.41, 5.74) is 1.69.